The SMILES string of the molecule is CC1(NC=O)CCOc2ccc(F)cc21. The molecule has 1 aromatic rings. The van der Waals surface area contributed by atoms with Crippen molar-refractivity contribution in [3.8, 4) is 5.75 Å². The van der Waals surface area contributed by atoms with Crippen LogP contribution in [-0.4, -0.2) is 13.0 Å². The fraction of sp³-hybridized carbons (Fsp3) is 0.364. The van der Waals surface area contributed by atoms with Crippen LogP contribution >= 0.6 is 0 Å². The Labute approximate surface area is 87.2 Å². The maximum absolute atomic E-state index is 13.1. The zero-order valence-electron chi connectivity index (χ0n) is 8.42. The number of benzene rings is 1. The van der Waals surface area contributed by atoms with E-state index in [-0.39, 0.29) is 5.82 Å². The quantitative estimate of drug-likeness (QED) is 0.751. The number of rotatable bonds is 2. The van der Waals surface area contributed by atoms with E-state index in [1.165, 1.54) is 12.1 Å². The number of halogens is 1. The monoisotopic (exact) mass is 209 g/mol. The Kier molecular flexibility index (Phi) is 2.34. The first-order valence-electron chi connectivity index (χ1n) is 4.80. The first-order chi connectivity index (χ1) is 7.15. The third-order valence-corrected chi connectivity index (χ3v) is 2.77. The molecule has 0 radical (unpaired) electrons. The lowest BCUT2D eigenvalue weighted by atomic mass is 9.86. The number of ether oxygens (including phenoxy) is 1. The fourth-order valence-electron chi connectivity index (χ4n) is 1.84. The van der Waals surface area contributed by atoms with Gasteiger partial charge in [0.15, 0.2) is 0 Å². The van der Waals surface area contributed by atoms with Crippen molar-refractivity contribution in [1.82, 2.24) is 5.32 Å². The Balaban J connectivity index is 2.48. The summed E-state index contributed by atoms with van der Waals surface area (Å²) in [5, 5.41) is 2.72. The maximum atomic E-state index is 13.1. The molecular weight excluding hydrogens is 197 g/mol. The van der Waals surface area contributed by atoms with Gasteiger partial charge in [-0.1, -0.05) is 0 Å². The van der Waals surface area contributed by atoms with E-state index in [4.69, 9.17) is 4.74 Å². The van der Waals surface area contributed by atoms with Gasteiger partial charge in [-0.05, 0) is 25.1 Å². The number of carbonyl (C=O) groups is 1. The van der Waals surface area contributed by atoms with Crippen LogP contribution < -0.4 is 10.1 Å². The topological polar surface area (TPSA) is 38.3 Å². The van der Waals surface area contributed by atoms with Gasteiger partial charge in [-0.15, -0.1) is 0 Å². The average molecular weight is 209 g/mol. The Hall–Kier alpha value is -1.58. The zero-order chi connectivity index (χ0) is 10.9. The highest BCUT2D eigenvalue weighted by Crippen LogP contribution is 2.36. The number of hydrogen-bond acceptors (Lipinski definition) is 2. The third-order valence-electron chi connectivity index (χ3n) is 2.77. The van der Waals surface area contributed by atoms with Crippen LogP contribution in [0.3, 0.4) is 0 Å². The maximum Gasteiger partial charge on any atom is 0.207 e. The first-order valence-corrected chi connectivity index (χ1v) is 4.80. The molecule has 0 bridgehead atoms. The summed E-state index contributed by atoms with van der Waals surface area (Å²) in [6, 6.07) is 4.35. The van der Waals surface area contributed by atoms with Crippen molar-refractivity contribution in [3.63, 3.8) is 0 Å². The van der Waals surface area contributed by atoms with Crippen molar-refractivity contribution in [3.05, 3.63) is 29.6 Å². The summed E-state index contributed by atoms with van der Waals surface area (Å²) in [6.07, 6.45) is 1.28. The molecule has 1 aliphatic heterocycles. The molecule has 0 spiro atoms. The van der Waals surface area contributed by atoms with Crippen LogP contribution in [0.2, 0.25) is 0 Å². The van der Waals surface area contributed by atoms with Crippen LogP contribution in [0.15, 0.2) is 18.2 Å². The minimum atomic E-state index is -0.530. The van der Waals surface area contributed by atoms with Gasteiger partial charge in [0.05, 0.1) is 12.1 Å². The Morgan fingerprint density at radius 3 is 3.13 bits per heavy atom. The van der Waals surface area contributed by atoms with Gasteiger partial charge in [-0.25, -0.2) is 4.39 Å². The minimum Gasteiger partial charge on any atom is -0.493 e. The summed E-state index contributed by atoms with van der Waals surface area (Å²) in [5.74, 6) is 0.317. The molecule has 0 aliphatic carbocycles. The van der Waals surface area contributed by atoms with E-state index in [0.29, 0.717) is 30.8 Å². The van der Waals surface area contributed by atoms with Crippen LogP contribution in [0.5, 0.6) is 5.75 Å². The van der Waals surface area contributed by atoms with E-state index in [9.17, 15) is 9.18 Å². The van der Waals surface area contributed by atoms with E-state index in [1.54, 1.807) is 6.07 Å². The normalized spacial score (nSPS) is 23.9. The molecule has 1 heterocycles. The van der Waals surface area contributed by atoms with Gasteiger partial charge < -0.3 is 10.1 Å². The molecule has 1 unspecified atom stereocenters. The molecule has 15 heavy (non-hydrogen) atoms. The van der Waals surface area contributed by atoms with E-state index < -0.39 is 5.54 Å². The molecule has 1 aliphatic rings. The molecule has 3 nitrogen and oxygen atoms in total. The summed E-state index contributed by atoms with van der Waals surface area (Å²) in [4.78, 5) is 10.5. The van der Waals surface area contributed by atoms with E-state index in [1.807, 2.05) is 6.92 Å². The lowest BCUT2D eigenvalue weighted by molar-refractivity contribution is -0.111. The predicted octanol–water partition coefficient (Wildman–Crippen LogP) is 1.57. The van der Waals surface area contributed by atoms with Crippen LogP contribution in [-0.2, 0) is 10.3 Å². The van der Waals surface area contributed by atoms with Crippen LogP contribution in [0.25, 0.3) is 0 Å². The van der Waals surface area contributed by atoms with E-state index in [0.717, 1.165) is 0 Å². The minimum absolute atomic E-state index is 0.321. The lowest BCUT2D eigenvalue weighted by Crippen LogP contribution is -2.42. The van der Waals surface area contributed by atoms with Crippen molar-refractivity contribution in [2.75, 3.05) is 6.61 Å². The average Bonchev–Trinajstić information content (AvgIpc) is 2.20. The highest BCUT2D eigenvalue weighted by atomic mass is 19.1. The highest BCUT2D eigenvalue weighted by Gasteiger charge is 2.33. The third kappa shape index (κ3) is 1.67. The molecule has 1 atom stereocenters. The largest absolute Gasteiger partial charge is 0.493 e. The van der Waals surface area contributed by atoms with Gasteiger partial charge in [0.1, 0.15) is 11.6 Å². The number of amides is 1. The highest BCUT2D eigenvalue weighted by molar-refractivity contribution is 5.52. The van der Waals surface area contributed by atoms with E-state index in [2.05, 4.69) is 5.32 Å². The summed E-state index contributed by atoms with van der Waals surface area (Å²) in [6.45, 7) is 2.39. The van der Waals surface area contributed by atoms with Crippen molar-refractivity contribution in [2.24, 2.45) is 0 Å². The summed E-state index contributed by atoms with van der Waals surface area (Å²) < 4.78 is 18.5. The number of fused-ring (bicyclic) bond motifs is 1. The fourth-order valence-corrected chi connectivity index (χ4v) is 1.84. The second-order valence-electron chi connectivity index (χ2n) is 3.83. The number of nitrogens with one attached hydrogen (secondary N) is 1. The van der Waals surface area contributed by atoms with Crippen molar-refractivity contribution in [2.45, 2.75) is 18.9 Å². The van der Waals surface area contributed by atoms with Crippen LogP contribution in [0.1, 0.15) is 18.9 Å². The second-order valence-corrected chi connectivity index (χ2v) is 3.83. The summed E-state index contributed by atoms with van der Waals surface area (Å²) >= 11 is 0. The van der Waals surface area contributed by atoms with Gasteiger partial charge in [-0.2, -0.15) is 0 Å². The second kappa shape index (κ2) is 3.53. The van der Waals surface area contributed by atoms with E-state index >= 15 is 0 Å². The van der Waals surface area contributed by atoms with Gasteiger partial charge in [0.2, 0.25) is 6.41 Å². The van der Waals surface area contributed by atoms with Gasteiger partial charge in [-0.3, -0.25) is 4.79 Å². The molecule has 1 amide bonds. The molecular formula is C11H12FNO2. The van der Waals surface area contributed by atoms with Crippen LogP contribution in [0.4, 0.5) is 4.39 Å². The number of carbonyl (C=O) groups excluding carboxylic acids is 1. The molecule has 80 valence electrons. The first kappa shape index (κ1) is 9.96. The molecule has 0 saturated heterocycles. The molecule has 2 rings (SSSR count). The van der Waals surface area contributed by atoms with Gasteiger partial charge >= 0.3 is 0 Å². The molecule has 0 aromatic heterocycles. The van der Waals surface area contributed by atoms with Crippen molar-refractivity contribution in [1.29, 1.82) is 0 Å². The standard InChI is InChI=1S/C11H12FNO2/c1-11(13-7-14)4-5-15-10-3-2-8(12)6-9(10)11/h2-3,6-7H,4-5H2,1H3,(H,13,14). The summed E-state index contributed by atoms with van der Waals surface area (Å²) in [7, 11) is 0. The van der Waals surface area contributed by atoms with Crippen LogP contribution in [0, 0.1) is 5.82 Å². The smallest absolute Gasteiger partial charge is 0.207 e. The Morgan fingerprint density at radius 2 is 2.40 bits per heavy atom. The zero-order valence-corrected chi connectivity index (χ0v) is 8.42. The molecule has 4 heteroatoms. The molecule has 0 fully saturated rings. The number of hydrogen-bond donors (Lipinski definition) is 1. The van der Waals surface area contributed by atoms with Crippen molar-refractivity contribution >= 4 is 6.41 Å². The lowest BCUT2D eigenvalue weighted by Gasteiger charge is -2.35. The Bertz CT molecular complexity index is 394. The molecule has 0 saturated carbocycles. The predicted molar refractivity (Wildman–Crippen MR) is 53.1 cm³/mol. The van der Waals surface area contributed by atoms with Gasteiger partial charge in [0.25, 0.3) is 0 Å². The molecule has 1 aromatic carbocycles. The molecule has 1 N–H and O–H groups in total. The van der Waals surface area contributed by atoms with Gasteiger partial charge in [0, 0.05) is 12.0 Å². The summed E-state index contributed by atoms with van der Waals surface area (Å²) in [5.41, 5.74) is 0.165. The van der Waals surface area contributed by atoms with Crippen molar-refractivity contribution < 1.29 is 13.9 Å². The Morgan fingerprint density at radius 1 is 1.60 bits per heavy atom.